The second-order valence-corrected chi connectivity index (χ2v) is 5.15. The van der Waals surface area contributed by atoms with Crippen molar-refractivity contribution in [2.24, 2.45) is 0 Å². The fourth-order valence-corrected chi connectivity index (χ4v) is 2.17. The van der Waals surface area contributed by atoms with Crippen LogP contribution in [0.1, 0.15) is 5.82 Å². The summed E-state index contributed by atoms with van der Waals surface area (Å²) in [5.41, 5.74) is 0.238. The number of carbonyl (C=O) groups is 1. The molecule has 0 aliphatic rings. The molecule has 0 amide bonds. The normalized spacial score (nSPS) is 12.0. The summed E-state index contributed by atoms with van der Waals surface area (Å²) < 4.78 is 40.2. The molecule has 1 aromatic heterocycles. The Morgan fingerprint density at radius 1 is 1.00 bits per heavy atom. The van der Waals surface area contributed by atoms with Gasteiger partial charge >= 0.3 is 6.18 Å². The Kier molecular flexibility index (Phi) is 4.78. The first-order chi connectivity index (χ1) is 12.5. The highest BCUT2D eigenvalue weighted by Crippen LogP contribution is 2.27. The highest BCUT2D eigenvalue weighted by Gasteiger charge is 2.42. The van der Waals surface area contributed by atoms with Crippen molar-refractivity contribution in [3.05, 3.63) is 72.7 Å². The molecule has 0 radical (unpaired) electrons. The first-order valence-corrected chi connectivity index (χ1v) is 7.44. The van der Waals surface area contributed by atoms with E-state index in [4.69, 9.17) is 0 Å². The quantitative estimate of drug-likeness (QED) is 0.708. The average molecular weight is 359 g/mol. The minimum absolute atomic E-state index is 0.318. The number of Topliss-reactive ketones (excluding diaryl/α,β-unsaturated/α-hetero) is 1. The van der Waals surface area contributed by atoms with Gasteiger partial charge in [-0.25, -0.2) is 0 Å². The lowest BCUT2D eigenvalue weighted by Crippen LogP contribution is -2.26. The van der Waals surface area contributed by atoms with E-state index < -0.39 is 17.5 Å². The van der Waals surface area contributed by atoms with E-state index >= 15 is 0 Å². The van der Waals surface area contributed by atoms with Gasteiger partial charge in [-0.3, -0.25) is 4.79 Å². The van der Waals surface area contributed by atoms with E-state index in [1.807, 2.05) is 0 Å². The first-order valence-electron chi connectivity index (χ1n) is 7.44. The van der Waals surface area contributed by atoms with E-state index in [9.17, 15) is 18.0 Å². The number of ketones is 1. The molecule has 0 atom stereocenters. The smallest absolute Gasteiger partial charge is 0.361 e. The van der Waals surface area contributed by atoms with Crippen LogP contribution in [0.5, 0.6) is 0 Å². The number of tetrazole rings is 1. The molecule has 0 bridgehead atoms. The number of alkyl halides is 3. The van der Waals surface area contributed by atoms with E-state index in [-0.39, 0.29) is 5.82 Å². The molecule has 9 heteroatoms. The molecule has 0 aliphatic heterocycles. The van der Waals surface area contributed by atoms with Gasteiger partial charge in [-0.05, 0) is 34.7 Å². The van der Waals surface area contributed by atoms with Gasteiger partial charge in [0, 0.05) is 11.9 Å². The molecule has 0 unspecified atom stereocenters. The summed E-state index contributed by atoms with van der Waals surface area (Å²) >= 11 is 0. The largest absolute Gasteiger partial charge is 0.455 e. The van der Waals surface area contributed by atoms with E-state index in [0.717, 1.165) is 10.9 Å². The first kappa shape index (κ1) is 17.3. The number of hydrogen-bond donors (Lipinski definition) is 1. The SMILES string of the molecule is O=C(/C(=C\Nc1ccccc1)c1nnnn1-c1ccccc1)C(F)(F)F. The number of nitrogens with zero attached hydrogens (tertiary/aromatic N) is 4. The average Bonchev–Trinajstić information content (AvgIpc) is 3.12. The number of allylic oxidation sites excluding steroid dienone is 1. The Morgan fingerprint density at radius 2 is 1.62 bits per heavy atom. The standard InChI is InChI=1S/C17H12F3N5O/c18-17(19,20)15(26)14(11-21-12-7-3-1-4-8-12)16-22-23-24-25(16)13-9-5-2-6-10-13/h1-11,21H/b14-11+. The minimum atomic E-state index is -5.07. The molecular formula is C17H12F3N5O. The van der Waals surface area contributed by atoms with Crippen molar-refractivity contribution in [3.8, 4) is 5.69 Å². The van der Waals surface area contributed by atoms with Gasteiger partial charge in [0.15, 0.2) is 5.82 Å². The molecule has 0 aliphatic carbocycles. The van der Waals surface area contributed by atoms with Crippen LogP contribution in [0.25, 0.3) is 11.3 Å². The van der Waals surface area contributed by atoms with Gasteiger partial charge in [0.2, 0.25) is 0 Å². The maximum absolute atomic E-state index is 13.1. The van der Waals surface area contributed by atoms with Crippen LogP contribution >= 0.6 is 0 Å². The number of para-hydroxylation sites is 2. The number of hydrogen-bond acceptors (Lipinski definition) is 5. The molecule has 0 spiro atoms. The summed E-state index contributed by atoms with van der Waals surface area (Å²) in [6.07, 6.45) is -4.12. The summed E-state index contributed by atoms with van der Waals surface area (Å²) in [6.45, 7) is 0. The molecule has 26 heavy (non-hydrogen) atoms. The van der Waals surface area contributed by atoms with Gasteiger partial charge in [0.25, 0.3) is 5.78 Å². The lowest BCUT2D eigenvalue weighted by Gasteiger charge is -2.11. The van der Waals surface area contributed by atoms with Crippen LogP contribution in [-0.2, 0) is 4.79 Å². The summed E-state index contributed by atoms with van der Waals surface area (Å²) in [4.78, 5) is 11.9. The van der Waals surface area contributed by atoms with Crippen LogP contribution in [0.2, 0.25) is 0 Å². The monoisotopic (exact) mass is 359 g/mol. The topological polar surface area (TPSA) is 72.7 Å². The molecule has 3 aromatic rings. The van der Waals surface area contributed by atoms with Crippen molar-refractivity contribution in [3.63, 3.8) is 0 Å². The molecule has 1 heterocycles. The fourth-order valence-electron chi connectivity index (χ4n) is 2.17. The van der Waals surface area contributed by atoms with Crippen molar-refractivity contribution in [1.82, 2.24) is 20.2 Å². The number of rotatable bonds is 5. The van der Waals surface area contributed by atoms with Crippen molar-refractivity contribution < 1.29 is 18.0 Å². The summed E-state index contributed by atoms with van der Waals surface area (Å²) in [5.74, 6) is -2.37. The van der Waals surface area contributed by atoms with E-state index in [0.29, 0.717) is 11.4 Å². The van der Waals surface area contributed by atoms with Gasteiger partial charge in [0.05, 0.1) is 11.3 Å². The Morgan fingerprint density at radius 3 is 2.23 bits per heavy atom. The third kappa shape index (κ3) is 3.77. The fraction of sp³-hybridized carbons (Fsp3) is 0.0588. The molecule has 1 N–H and O–H groups in total. The molecule has 0 fully saturated rings. The number of anilines is 1. The van der Waals surface area contributed by atoms with Crippen molar-refractivity contribution in [2.75, 3.05) is 5.32 Å². The summed E-state index contributed by atoms with van der Waals surface area (Å²) in [7, 11) is 0. The highest BCUT2D eigenvalue weighted by molar-refractivity contribution is 6.22. The van der Waals surface area contributed by atoms with Crippen LogP contribution in [-0.4, -0.2) is 32.2 Å². The molecular weight excluding hydrogens is 347 g/mol. The van der Waals surface area contributed by atoms with Crippen LogP contribution in [0.3, 0.4) is 0 Å². The van der Waals surface area contributed by atoms with Crippen LogP contribution in [0.4, 0.5) is 18.9 Å². The predicted molar refractivity (Wildman–Crippen MR) is 88.3 cm³/mol. The van der Waals surface area contributed by atoms with E-state index in [1.165, 1.54) is 0 Å². The minimum Gasteiger partial charge on any atom is -0.361 e. The maximum Gasteiger partial charge on any atom is 0.455 e. The van der Waals surface area contributed by atoms with E-state index in [1.54, 1.807) is 60.7 Å². The van der Waals surface area contributed by atoms with Gasteiger partial charge in [0.1, 0.15) is 0 Å². The van der Waals surface area contributed by atoms with Gasteiger partial charge in [-0.1, -0.05) is 36.4 Å². The summed E-state index contributed by atoms with van der Waals surface area (Å²) in [6, 6.07) is 16.8. The summed E-state index contributed by atoms with van der Waals surface area (Å²) in [5, 5.41) is 13.4. The number of halogens is 3. The lowest BCUT2D eigenvalue weighted by molar-refractivity contribution is -0.164. The maximum atomic E-state index is 13.1. The van der Waals surface area contributed by atoms with Gasteiger partial charge < -0.3 is 5.32 Å². The number of benzene rings is 2. The Balaban J connectivity index is 2.05. The van der Waals surface area contributed by atoms with Crippen LogP contribution < -0.4 is 5.32 Å². The zero-order valence-electron chi connectivity index (χ0n) is 13.2. The number of carbonyl (C=O) groups excluding carboxylic acids is 1. The van der Waals surface area contributed by atoms with Gasteiger partial charge in [-0.2, -0.15) is 17.9 Å². The zero-order valence-corrected chi connectivity index (χ0v) is 13.2. The molecule has 2 aromatic carbocycles. The molecule has 132 valence electrons. The third-order valence-electron chi connectivity index (χ3n) is 3.37. The number of nitrogens with one attached hydrogen (secondary N) is 1. The van der Waals surface area contributed by atoms with Gasteiger partial charge in [-0.15, -0.1) is 5.10 Å². The highest BCUT2D eigenvalue weighted by atomic mass is 19.4. The number of aromatic nitrogens is 4. The second kappa shape index (κ2) is 7.18. The lowest BCUT2D eigenvalue weighted by atomic mass is 10.1. The van der Waals surface area contributed by atoms with Crippen LogP contribution in [0.15, 0.2) is 66.9 Å². The van der Waals surface area contributed by atoms with Crippen molar-refractivity contribution in [1.29, 1.82) is 0 Å². The second-order valence-electron chi connectivity index (χ2n) is 5.15. The Bertz CT molecular complexity index is 920. The van der Waals surface area contributed by atoms with E-state index in [2.05, 4.69) is 20.8 Å². The van der Waals surface area contributed by atoms with Crippen LogP contribution in [0, 0.1) is 0 Å². The molecule has 6 nitrogen and oxygen atoms in total. The Hall–Kier alpha value is -3.49. The van der Waals surface area contributed by atoms with Crippen molar-refractivity contribution in [2.45, 2.75) is 6.18 Å². The third-order valence-corrected chi connectivity index (χ3v) is 3.37. The molecule has 0 saturated carbocycles. The zero-order chi connectivity index (χ0) is 18.6. The predicted octanol–water partition coefficient (Wildman–Crippen LogP) is 3.25. The Labute approximate surface area is 146 Å². The molecule has 0 saturated heterocycles. The molecule has 3 rings (SSSR count). The van der Waals surface area contributed by atoms with Crippen molar-refractivity contribution >= 4 is 17.0 Å².